The molecule has 1 aromatic heterocycles. The summed E-state index contributed by atoms with van der Waals surface area (Å²) in [6.45, 7) is 8.22. The molecule has 0 bridgehead atoms. The first-order valence-corrected chi connectivity index (χ1v) is 8.60. The van der Waals surface area contributed by atoms with Gasteiger partial charge in [0.2, 0.25) is 0 Å². The summed E-state index contributed by atoms with van der Waals surface area (Å²) < 4.78 is 6.40. The van der Waals surface area contributed by atoms with Crippen molar-refractivity contribution in [3.63, 3.8) is 0 Å². The van der Waals surface area contributed by atoms with Crippen molar-refractivity contribution in [2.75, 3.05) is 6.54 Å². The number of guanidine groups is 1. The Kier molecular flexibility index (Phi) is 6.65. The third-order valence-corrected chi connectivity index (χ3v) is 3.80. The van der Waals surface area contributed by atoms with E-state index in [9.17, 15) is 0 Å². The van der Waals surface area contributed by atoms with Crippen LogP contribution in [0.25, 0.3) is 0 Å². The number of rotatable bonds is 6. The first-order chi connectivity index (χ1) is 11.1. The number of nitrogens with one attached hydrogen (secondary N) is 2. The lowest BCUT2D eigenvalue weighted by Gasteiger charge is -2.09. The van der Waals surface area contributed by atoms with Crippen LogP contribution in [0.15, 0.2) is 44.3 Å². The summed E-state index contributed by atoms with van der Waals surface area (Å²) in [6.07, 6.45) is 0. The van der Waals surface area contributed by atoms with E-state index in [1.54, 1.807) is 0 Å². The van der Waals surface area contributed by atoms with E-state index in [4.69, 9.17) is 4.52 Å². The maximum atomic E-state index is 5.33. The molecular weight excluding hydrogens is 356 g/mol. The first-order valence-electron chi connectivity index (χ1n) is 7.80. The van der Waals surface area contributed by atoms with Crippen LogP contribution in [0.1, 0.15) is 43.7 Å². The van der Waals surface area contributed by atoms with Gasteiger partial charge in [-0.15, -0.1) is 0 Å². The van der Waals surface area contributed by atoms with E-state index in [0.717, 1.165) is 34.0 Å². The third-order valence-electron chi connectivity index (χ3n) is 3.28. The van der Waals surface area contributed by atoms with E-state index < -0.39 is 0 Å². The number of nitrogens with zero attached hydrogens (tertiary/aromatic N) is 2. The summed E-state index contributed by atoms with van der Waals surface area (Å²) in [5.41, 5.74) is 2.13. The zero-order valence-corrected chi connectivity index (χ0v) is 15.4. The normalized spacial score (nSPS) is 11.8. The molecule has 0 saturated carbocycles. The molecule has 1 aromatic carbocycles. The Hall–Kier alpha value is -1.82. The van der Waals surface area contributed by atoms with Gasteiger partial charge < -0.3 is 15.2 Å². The first kappa shape index (κ1) is 17.5. The SMILES string of the molecule is CCNC(=NCc1ccc(Br)cc1)NCc1cc(C(C)C)no1. The molecule has 2 aromatic rings. The van der Waals surface area contributed by atoms with Gasteiger partial charge in [0.15, 0.2) is 11.7 Å². The second kappa shape index (κ2) is 8.72. The lowest BCUT2D eigenvalue weighted by molar-refractivity contribution is 0.372. The summed E-state index contributed by atoms with van der Waals surface area (Å²) >= 11 is 3.44. The van der Waals surface area contributed by atoms with Gasteiger partial charge in [0.1, 0.15) is 0 Å². The largest absolute Gasteiger partial charge is 0.359 e. The minimum atomic E-state index is 0.367. The fourth-order valence-electron chi connectivity index (χ4n) is 1.96. The number of hydrogen-bond donors (Lipinski definition) is 2. The fraction of sp³-hybridized carbons (Fsp3) is 0.412. The Morgan fingerprint density at radius 3 is 2.61 bits per heavy atom. The van der Waals surface area contributed by atoms with Crippen molar-refractivity contribution in [3.8, 4) is 0 Å². The van der Waals surface area contributed by atoms with E-state index in [0.29, 0.717) is 19.0 Å². The van der Waals surface area contributed by atoms with E-state index >= 15 is 0 Å². The smallest absolute Gasteiger partial charge is 0.191 e. The van der Waals surface area contributed by atoms with Crippen molar-refractivity contribution in [3.05, 3.63) is 51.8 Å². The zero-order chi connectivity index (χ0) is 16.7. The van der Waals surface area contributed by atoms with E-state index in [1.165, 1.54) is 0 Å². The molecule has 1 heterocycles. The average molecular weight is 379 g/mol. The molecule has 0 unspecified atom stereocenters. The molecule has 0 aliphatic carbocycles. The quantitative estimate of drug-likeness (QED) is 0.592. The van der Waals surface area contributed by atoms with Crippen LogP contribution < -0.4 is 10.6 Å². The van der Waals surface area contributed by atoms with Gasteiger partial charge in [0, 0.05) is 17.1 Å². The van der Waals surface area contributed by atoms with Crippen LogP contribution in [-0.4, -0.2) is 17.7 Å². The van der Waals surface area contributed by atoms with Crippen molar-refractivity contribution in [2.45, 2.75) is 39.8 Å². The lowest BCUT2D eigenvalue weighted by Crippen LogP contribution is -2.36. The van der Waals surface area contributed by atoms with Gasteiger partial charge in [0.25, 0.3) is 0 Å². The maximum absolute atomic E-state index is 5.33. The molecule has 2 rings (SSSR count). The van der Waals surface area contributed by atoms with Crippen molar-refractivity contribution in [1.82, 2.24) is 15.8 Å². The van der Waals surface area contributed by atoms with Crippen LogP contribution >= 0.6 is 15.9 Å². The maximum Gasteiger partial charge on any atom is 0.191 e. The topological polar surface area (TPSA) is 62.5 Å². The molecule has 0 aliphatic rings. The number of benzene rings is 1. The minimum Gasteiger partial charge on any atom is -0.359 e. The Balaban J connectivity index is 1.94. The highest BCUT2D eigenvalue weighted by molar-refractivity contribution is 9.10. The highest BCUT2D eigenvalue weighted by Crippen LogP contribution is 2.14. The molecular formula is C17H23BrN4O. The Bertz CT molecular complexity index is 634. The fourth-order valence-corrected chi connectivity index (χ4v) is 2.22. The molecule has 124 valence electrons. The van der Waals surface area contributed by atoms with Gasteiger partial charge in [-0.05, 0) is 30.5 Å². The Labute approximate surface area is 145 Å². The van der Waals surface area contributed by atoms with Crippen molar-refractivity contribution in [2.24, 2.45) is 4.99 Å². The van der Waals surface area contributed by atoms with Gasteiger partial charge in [-0.2, -0.15) is 0 Å². The van der Waals surface area contributed by atoms with Gasteiger partial charge in [0.05, 0.1) is 18.8 Å². The molecule has 0 fully saturated rings. The molecule has 0 spiro atoms. The molecule has 23 heavy (non-hydrogen) atoms. The van der Waals surface area contributed by atoms with Crippen LogP contribution in [0.5, 0.6) is 0 Å². The molecule has 0 radical (unpaired) electrons. The number of aromatic nitrogens is 1. The zero-order valence-electron chi connectivity index (χ0n) is 13.8. The average Bonchev–Trinajstić information content (AvgIpc) is 3.01. The summed E-state index contributed by atoms with van der Waals surface area (Å²) in [4.78, 5) is 4.59. The van der Waals surface area contributed by atoms with Gasteiger partial charge in [-0.25, -0.2) is 4.99 Å². The molecule has 0 atom stereocenters. The molecule has 2 N–H and O–H groups in total. The van der Waals surface area contributed by atoms with Gasteiger partial charge >= 0.3 is 0 Å². The molecule has 0 aliphatic heterocycles. The standard InChI is InChI=1S/C17H23BrN4O/c1-4-19-17(20-10-13-5-7-14(18)8-6-13)21-11-15-9-16(12(2)3)22-23-15/h5-9,12H,4,10-11H2,1-3H3,(H2,19,20,21). The molecule has 0 saturated heterocycles. The third kappa shape index (κ3) is 5.71. The summed E-state index contributed by atoms with van der Waals surface area (Å²) in [6, 6.07) is 10.1. The van der Waals surface area contributed by atoms with E-state index in [-0.39, 0.29) is 0 Å². The summed E-state index contributed by atoms with van der Waals surface area (Å²) in [5.74, 6) is 1.94. The van der Waals surface area contributed by atoms with Crippen LogP contribution in [0.2, 0.25) is 0 Å². The van der Waals surface area contributed by atoms with Crippen LogP contribution in [0.3, 0.4) is 0 Å². The van der Waals surface area contributed by atoms with Crippen molar-refractivity contribution >= 4 is 21.9 Å². The van der Waals surface area contributed by atoms with Crippen LogP contribution in [0, 0.1) is 0 Å². The summed E-state index contributed by atoms with van der Waals surface area (Å²) in [7, 11) is 0. The van der Waals surface area contributed by atoms with E-state index in [1.807, 2.05) is 25.1 Å². The number of halogens is 1. The second-order valence-corrected chi connectivity index (χ2v) is 6.46. The predicted octanol–water partition coefficient (Wildman–Crippen LogP) is 3.82. The van der Waals surface area contributed by atoms with E-state index in [2.05, 4.69) is 62.7 Å². The predicted molar refractivity (Wildman–Crippen MR) is 96.4 cm³/mol. The molecule has 6 heteroatoms. The number of hydrogen-bond acceptors (Lipinski definition) is 3. The van der Waals surface area contributed by atoms with Crippen LogP contribution in [0.4, 0.5) is 0 Å². The highest BCUT2D eigenvalue weighted by atomic mass is 79.9. The van der Waals surface area contributed by atoms with Gasteiger partial charge in [-0.1, -0.05) is 47.1 Å². The molecule has 5 nitrogen and oxygen atoms in total. The van der Waals surface area contributed by atoms with Gasteiger partial charge in [-0.3, -0.25) is 0 Å². The Morgan fingerprint density at radius 1 is 1.26 bits per heavy atom. The lowest BCUT2D eigenvalue weighted by atomic mass is 10.1. The number of aliphatic imine (C=N–C) groups is 1. The Morgan fingerprint density at radius 2 is 2.00 bits per heavy atom. The van der Waals surface area contributed by atoms with Crippen LogP contribution in [-0.2, 0) is 13.1 Å². The monoisotopic (exact) mass is 378 g/mol. The highest BCUT2D eigenvalue weighted by Gasteiger charge is 2.08. The minimum absolute atomic E-state index is 0.367. The summed E-state index contributed by atoms with van der Waals surface area (Å²) in [5, 5.41) is 10.6. The van der Waals surface area contributed by atoms with Crippen molar-refractivity contribution in [1.29, 1.82) is 0 Å². The van der Waals surface area contributed by atoms with Crippen molar-refractivity contribution < 1.29 is 4.52 Å². The second-order valence-electron chi connectivity index (χ2n) is 5.55. The molecule has 0 amide bonds.